The van der Waals surface area contributed by atoms with Crippen molar-refractivity contribution < 1.29 is 0 Å². The lowest BCUT2D eigenvalue weighted by Crippen LogP contribution is -1.90. The van der Waals surface area contributed by atoms with Crippen molar-refractivity contribution in [3.63, 3.8) is 0 Å². The van der Waals surface area contributed by atoms with E-state index in [4.69, 9.17) is 0 Å². The van der Waals surface area contributed by atoms with Crippen LogP contribution < -0.4 is 0 Å². The molecular weight excluding hydrogens is 290 g/mol. The fourth-order valence-electron chi connectivity index (χ4n) is 2.56. The van der Waals surface area contributed by atoms with E-state index in [0.717, 1.165) is 0 Å². The molecule has 0 atom stereocenters. The normalized spacial score (nSPS) is 8.62. The van der Waals surface area contributed by atoms with Gasteiger partial charge in [0.1, 0.15) is 0 Å². The van der Waals surface area contributed by atoms with Gasteiger partial charge in [-0.25, -0.2) is 0 Å². The van der Waals surface area contributed by atoms with E-state index >= 15 is 0 Å². The molecule has 0 saturated heterocycles. The largest absolute Gasteiger partial charge is 0.343 e. The molecule has 1 nitrogen and oxygen atoms in total. The van der Waals surface area contributed by atoms with Gasteiger partial charge >= 0.3 is 0 Å². The van der Waals surface area contributed by atoms with Crippen molar-refractivity contribution >= 4 is 21.8 Å². The molecule has 0 radical (unpaired) electrons. The minimum Gasteiger partial charge on any atom is -0.343 e. The third-order valence-electron chi connectivity index (χ3n) is 3.59. The molecule has 1 heterocycles. The van der Waals surface area contributed by atoms with Gasteiger partial charge in [0.15, 0.2) is 0 Å². The number of rotatable bonds is 0. The Morgan fingerprint density at radius 3 is 1.67 bits per heavy atom. The smallest absolute Gasteiger partial charge is 0.0521 e. The van der Waals surface area contributed by atoms with E-state index in [9.17, 15) is 0 Å². The van der Waals surface area contributed by atoms with Crippen LogP contribution in [0.4, 0.5) is 0 Å². The molecule has 0 N–H and O–H groups in total. The van der Waals surface area contributed by atoms with Gasteiger partial charge in [-0.3, -0.25) is 0 Å². The van der Waals surface area contributed by atoms with Gasteiger partial charge in [0.2, 0.25) is 0 Å². The molecule has 24 heavy (non-hydrogen) atoms. The number of fused-ring (bicyclic) bond motifs is 3. The summed E-state index contributed by atoms with van der Waals surface area (Å²) >= 11 is 0. The molecule has 3 aromatic rings. The molecule has 0 saturated carbocycles. The Morgan fingerprint density at radius 2 is 1.12 bits per heavy atom. The third kappa shape index (κ3) is 5.12. The average Bonchev–Trinajstić information content (AvgIpc) is 2.98. The fraction of sp³-hybridized carbons (Fsp3) is 0.478. The van der Waals surface area contributed by atoms with Crippen LogP contribution in [0.3, 0.4) is 0 Å². The summed E-state index contributed by atoms with van der Waals surface area (Å²) in [6.45, 7) is 20.4. The number of hydrogen-bond acceptors (Lipinski definition) is 0. The van der Waals surface area contributed by atoms with Crippen molar-refractivity contribution in [2.24, 2.45) is 7.05 Å². The van der Waals surface area contributed by atoms with Crippen molar-refractivity contribution in [2.75, 3.05) is 0 Å². The Morgan fingerprint density at radius 1 is 0.625 bits per heavy atom. The quantitative estimate of drug-likeness (QED) is 0.393. The average molecular weight is 330 g/mol. The lowest BCUT2D eigenvalue weighted by molar-refractivity contribution is 1.01. The van der Waals surface area contributed by atoms with Gasteiger partial charge in [-0.15, -0.1) is 0 Å². The Hall–Kier alpha value is -1.76. The van der Waals surface area contributed by atoms with Crippen LogP contribution in [-0.4, -0.2) is 4.57 Å². The molecule has 0 spiro atoms. The number of benzene rings is 2. The first kappa shape index (κ1) is 24.5. The van der Waals surface area contributed by atoms with Gasteiger partial charge in [-0.2, -0.15) is 0 Å². The maximum atomic E-state index is 2.30. The standard InChI is InChI=1S/C15H15N.4C2H6/c1-10-8-9-13-12-6-4-5-7-14(12)16(3)15(13)11(10)2;4*1-2/h4-9H,1-3H3;4*1-2H3. The summed E-state index contributed by atoms with van der Waals surface area (Å²) in [5.41, 5.74) is 5.42. The van der Waals surface area contributed by atoms with E-state index in [-0.39, 0.29) is 0 Å². The number of aryl methyl sites for hydroxylation is 3. The van der Waals surface area contributed by atoms with Crippen LogP contribution in [0.5, 0.6) is 0 Å². The zero-order valence-electron chi connectivity index (χ0n) is 17.9. The van der Waals surface area contributed by atoms with Crippen molar-refractivity contribution in [1.29, 1.82) is 0 Å². The first-order chi connectivity index (χ1) is 11.7. The van der Waals surface area contributed by atoms with E-state index < -0.39 is 0 Å². The minimum absolute atomic E-state index is 1.31. The van der Waals surface area contributed by atoms with Gasteiger partial charge in [-0.05, 0) is 31.0 Å². The van der Waals surface area contributed by atoms with E-state index in [1.54, 1.807) is 0 Å². The Kier molecular flexibility index (Phi) is 13.9. The first-order valence-corrected chi connectivity index (χ1v) is 9.63. The summed E-state index contributed by atoms with van der Waals surface area (Å²) in [6, 6.07) is 13.0. The van der Waals surface area contributed by atoms with Crippen LogP contribution in [0.2, 0.25) is 0 Å². The third-order valence-corrected chi connectivity index (χ3v) is 3.59. The molecule has 0 aliphatic rings. The van der Waals surface area contributed by atoms with Crippen molar-refractivity contribution in [2.45, 2.75) is 69.2 Å². The topological polar surface area (TPSA) is 4.93 Å². The van der Waals surface area contributed by atoms with Crippen molar-refractivity contribution in [3.05, 3.63) is 47.5 Å². The number of aromatic nitrogens is 1. The first-order valence-electron chi connectivity index (χ1n) is 9.63. The molecule has 1 aromatic heterocycles. The van der Waals surface area contributed by atoms with Crippen LogP contribution in [0, 0.1) is 13.8 Å². The molecule has 0 bridgehead atoms. The molecule has 0 aliphatic heterocycles. The monoisotopic (exact) mass is 329 g/mol. The Labute approximate surface area is 150 Å². The maximum absolute atomic E-state index is 2.30. The SMILES string of the molecule is CC.CC.CC.CC.Cc1ccc2c3ccccc3n(C)c2c1C. The predicted octanol–water partition coefficient (Wildman–Crippen LogP) is 8.05. The fourth-order valence-corrected chi connectivity index (χ4v) is 2.56. The van der Waals surface area contributed by atoms with Crippen LogP contribution >= 0.6 is 0 Å². The summed E-state index contributed by atoms with van der Waals surface area (Å²) in [5.74, 6) is 0. The van der Waals surface area contributed by atoms with Gasteiger partial charge in [0.25, 0.3) is 0 Å². The number of para-hydroxylation sites is 1. The molecule has 3 rings (SSSR count). The Balaban J connectivity index is 0. The van der Waals surface area contributed by atoms with E-state index in [1.807, 2.05) is 55.4 Å². The summed E-state index contributed by atoms with van der Waals surface area (Å²) in [5, 5.41) is 2.71. The summed E-state index contributed by atoms with van der Waals surface area (Å²) in [6.07, 6.45) is 0. The number of hydrogen-bond donors (Lipinski definition) is 0. The molecule has 0 fully saturated rings. The van der Waals surface area contributed by atoms with Crippen LogP contribution in [-0.2, 0) is 7.05 Å². The summed E-state index contributed by atoms with van der Waals surface area (Å²) in [7, 11) is 2.15. The second-order valence-electron chi connectivity index (χ2n) is 4.48. The predicted molar refractivity (Wildman–Crippen MR) is 115 cm³/mol. The summed E-state index contributed by atoms with van der Waals surface area (Å²) in [4.78, 5) is 0. The van der Waals surface area contributed by atoms with Crippen LogP contribution in [0.1, 0.15) is 66.5 Å². The molecule has 2 aromatic carbocycles. The minimum atomic E-state index is 1.31. The van der Waals surface area contributed by atoms with Crippen molar-refractivity contribution in [1.82, 2.24) is 4.57 Å². The highest BCUT2D eigenvalue weighted by Gasteiger charge is 2.10. The van der Waals surface area contributed by atoms with Crippen LogP contribution in [0.15, 0.2) is 36.4 Å². The van der Waals surface area contributed by atoms with Gasteiger partial charge in [-0.1, -0.05) is 85.7 Å². The zero-order chi connectivity index (χ0) is 19.3. The second-order valence-corrected chi connectivity index (χ2v) is 4.48. The van der Waals surface area contributed by atoms with Gasteiger partial charge < -0.3 is 4.57 Å². The molecule has 0 aliphatic carbocycles. The van der Waals surface area contributed by atoms with E-state index in [0.29, 0.717) is 0 Å². The highest BCUT2D eigenvalue weighted by Crippen LogP contribution is 2.31. The molecule has 0 unspecified atom stereocenters. The molecule has 1 heteroatoms. The Bertz CT molecular complexity index is 690. The van der Waals surface area contributed by atoms with Crippen molar-refractivity contribution in [3.8, 4) is 0 Å². The summed E-state index contributed by atoms with van der Waals surface area (Å²) < 4.78 is 2.30. The van der Waals surface area contributed by atoms with Crippen LogP contribution in [0.25, 0.3) is 21.8 Å². The number of nitrogens with zero attached hydrogens (tertiary/aromatic N) is 1. The lowest BCUT2D eigenvalue weighted by Gasteiger charge is -2.04. The van der Waals surface area contributed by atoms with E-state index in [2.05, 4.69) is 61.9 Å². The molecule has 136 valence electrons. The maximum Gasteiger partial charge on any atom is 0.0521 e. The second kappa shape index (κ2) is 13.7. The zero-order valence-corrected chi connectivity index (χ0v) is 17.9. The molecule has 0 amide bonds. The van der Waals surface area contributed by atoms with Gasteiger partial charge in [0, 0.05) is 23.3 Å². The molecular formula is C23H39N. The van der Waals surface area contributed by atoms with Gasteiger partial charge in [0.05, 0.1) is 5.52 Å². The highest BCUT2D eigenvalue weighted by atomic mass is 14.9. The lowest BCUT2D eigenvalue weighted by atomic mass is 10.1. The van der Waals surface area contributed by atoms with E-state index in [1.165, 1.54) is 32.9 Å². The highest BCUT2D eigenvalue weighted by molar-refractivity contribution is 6.09.